The van der Waals surface area contributed by atoms with E-state index >= 15 is 0 Å². The van der Waals surface area contributed by atoms with Crippen LogP contribution in [-0.2, 0) is 4.79 Å². The topological polar surface area (TPSA) is 90.7 Å². The SMILES string of the molecule is Cc1ccc(NC(=O)/C=C/c2ccc3c(c2)OCO3)cc1[N+](=O)[O-]. The van der Waals surface area contributed by atoms with E-state index in [0.717, 1.165) is 5.56 Å². The zero-order valence-corrected chi connectivity index (χ0v) is 12.8. The van der Waals surface area contributed by atoms with Crippen molar-refractivity contribution in [1.29, 1.82) is 0 Å². The van der Waals surface area contributed by atoms with Crippen molar-refractivity contribution < 1.29 is 19.2 Å². The van der Waals surface area contributed by atoms with Gasteiger partial charge in [0.2, 0.25) is 12.7 Å². The third-order valence-electron chi connectivity index (χ3n) is 3.50. The van der Waals surface area contributed by atoms with Gasteiger partial charge in [-0.2, -0.15) is 0 Å². The number of carbonyl (C=O) groups excluding carboxylic acids is 1. The smallest absolute Gasteiger partial charge is 0.274 e. The molecule has 0 saturated heterocycles. The summed E-state index contributed by atoms with van der Waals surface area (Å²) in [5, 5.41) is 13.5. The average Bonchev–Trinajstić information content (AvgIpc) is 3.02. The summed E-state index contributed by atoms with van der Waals surface area (Å²) in [7, 11) is 0. The van der Waals surface area contributed by atoms with E-state index in [2.05, 4.69) is 5.32 Å². The first-order valence-electron chi connectivity index (χ1n) is 7.17. The van der Waals surface area contributed by atoms with Gasteiger partial charge in [0.25, 0.3) is 5.69 Å². The minimum absolute atomic E-state index is 0.0347. The molecule has 2 aromatic rings. The highest BCUT2D eigenvalue weighted by Gasteiger charge is 2.13. The average molecular weight is 326 g/mol. The molecular weight excluding hydrogens is 312 g/mol. The van der Waals surface area contributed by atoms with Crippen LogP contribution in [0.4, 0.5) is 11.4 Å². The first-order chi connectivity index (χ1) is 11.5. The van der Waals surface area contributed by atoms with Gasteiger partial charge in [-0.3, -0.25) is 14.9 Å². The quantitative estimate of drug-likeness (QED) is 0.529. The number of hydrogen-bond acceptors (Lipinski definition) is 5. The van der Waals surface area contributed by atoms with Crippen molar-refractivity contribution in [3.05, 3.63) is 63.7 Å². The molecule has 1 aliphatic rings. The molecule has 1 amide bonds. The molecule has 0 atom stereocenters. The van der Waals surface area contributed by atoms with Crippen molar-refractivity contribution in [2.24, 2.45) is 0 Å². The van der Waals surface area contributed by atoms with Crippen LogP contribution in [0.1, 0.15) is 11.1 Å². The summed E-state index contributed by atoms with van der Waals surface area (Å²) in [6, 6.07) is 9.88. The number of amides is 1. The number of nitro groups is 1. The Hall–Kier alpha value is -3.35. The van der Waals surface area contributed by atoms with E-state index < -0.39 is 4.92 Å². The van der Waals surface area contributed by atoms with Crippen LogP contribution in [0.5, 0.6) is 11.5 Å². The lowest BCUT2D eigenvalue weighted by molar-refractivity contribution is -0.385. The molecule has 0 spiro atoms. The molecule has 3 rings (SSSR count). The molecule has 0 bridgehead atoms. The third-order valence-corrected chi connectivity index (χ3v) is 3.50. The number of hydrogen-bond donors (Lipinski definition) is 1. The summed E-state index contributed by atoms with van der Waals surface area (Å²) in [6.07, 6.45) is 2.98. The number of carbonyl (C=O) groups is 1. The second-order valence-corrected chi connectivity index (χ2v) is 5.19. The summed E-state index contributed by atoms with van der Waals surface area (Å²) < 4.78 is 10.5. The molecule has 0 unspecified atom stereocenters. The zero-order chi connectivity index (χ0) is 17.1. The number of ether oxygens (including phenoxy) is 2. The molecule has 7 nitrogen and oxygen atoms in total. The third kappa shape index (κ3) is 3.35. The molecule has 0 aliphatic carbocycles. The Morgan fingerprint density at radius 2 is 2.00 bits per heavy atom. The standard InChI is InChI=1S/C17H14N2O5/c1-11-2-5-13(9-14(11)19(21)22)18-17(20)7-4-12-3-6-15-16(8-12)24-10-23-15/h2-9H,10H2,1H3,(H,18,20)/b7-4+. The lowest BCUT2D eigenvalue weighted by Crippen LogP contribution is -2.08. The van der Waals surface area contributed by atoms with Gasteiger partial charge in [-0.1, -0.05) is 12.1 Å². The van der Waals surface area contributed by atoms with Crippen molar-refractivity contribution in [3.63, 3.8) is 0 Å². The van der Waals surface area contributed by atoms with Gasteiger partial charge in [-0.15, -0.1) is 0 Å². The maximum absolute atomic E-state index is 12.0. The van der Waals surface area contributed by atoms with E-state index in [-0.39, 0.29) is 18.4 Å². The van der Waals surface area contributed by atoms with Crippen molar-refractivity contribution in [1.82, 2.24) is 0 Å². The fraction of sp³-hybridized carbons (Fsp3) is 0.118. The fourth-order valence-electron chi connectivity index (χ4n) is 2.26. The van der Waals surface area contributed by atoms with Crippen LogP contribution in [0.25, 0.3) is 6.08 Å². The van der Waals surface area contributed by atoms with Crippen LogP contribution in [0.2, 0.25) is 0 Å². The number of nitrogens with one attached hydrogen (secondary N) is 1. The number of rotatable bonds is 4. The second kappa shape index (κ2) is 6.41. The summed E-state index contributed by atoms with van der Waals surface area (Å²) in [5.41, 5.74) is 1.65. The lowest BCUT2D eigenvalue weighted by Gasteiger charge is -2.04. The highest BCUT2D eigenvalue weighted by molar-refractivity contribution is 6.02. The summed E-state index contributed by atoms with van der Waals surface area (Å²) in [6.45, 7) is 1.83. The van der Waals surface area contributed by atoms with E-state index in [4.69, 9.17) is 9.47 Å². The molecule has 2 aromatic carbocycles. The van der Waals surface area contributed by atoms with Crippen LogP contribution in [0.15, 0.2) is 42.5 Å². The number of aryl methyl sites for hydroxylation is 1. The number of benzene rings is 2. The summed E-state index contributed by atoms with van der Waals surface area (Å²) >= 11 is 0. The Morgan fingerprint density at radius 3 is 2.79 bits per heavy atom. The van der Waals surface area contributed by atoms with Gasteiger partial charge in [0.1, 0.15) is 0 Å². The van der Waals surface area contributed by atoms with Gasteiger partial charge < -0.3 is 14.8 Å². The highest BCUT2D eigenvalue weighted by Crippen LogP contribution is 2.32. The minimum atomic E-state index is -0.479. The number of nitro benzene ring substituents is 1. The Bertz CT molecular complexity index is 845. The molecule has 0 saturated carbocycles. The molecule has 0 fully saturated rings. The van der Waals surface area contributed by atoms with E-state index in [9.17, 15) is 14.9 Å². The van der Waals surface area contributed by atoms with Gasteiger partial charge in [0.15, 0.2) is 11.5 Å². The Kier molecular flexibility index (Phi) is 4.15. The van der Waals surface area contributed by atoms with Crippen LogP contribution in [0, 0.1) is 17.0 Å². The maximum Gasteiger partial charge on any atom is 0.274 e. The second-order valence-electron chi connectivity index (χ2n) is 5.19. The van der Waals surface area contributed by atoms with E-state index in [1.54, 1.807) is 43.3 Å². The van der Waals surface area contributed by atoms with Gasteiger partial charge in [-0.05, 0) is 36.8 Å². The van der Waals surface area contributed by atoms with Crippen molar-refractivity contribution in [2.45, 2.75) is 6.92 Å². The molecule has 1 heterocycles. The molecule has 24 heavy (non-hydrogen) atoms. The minimum Gasteiger partial charge on any atom is -0.454 e. The monoisotopic (exact) mass is 326 g/mol. The maximum atomic E-state index is 12.0. The van der Waals surface area contributed by atoms with Gasteiger partial charge in [0, 0.05) is 23.4 Å². The van der Waals surface area contributed by atoms with Crippen molar-refractivity contribution >= 4 is 23.4 Å². The van der Waals surface area contributed by atoms with Gasteiger partial charge in [-0.25, -0.2) is 0 Å². The normalized spacial score (nSPS) is 12.4. The number of anilines is 1. The van der Waals surface area contributed by atoms with Crippen molar-refractivity contribution in [2.75, 3.05) is 12.1 Å². The molecule has 1 aliphatic heterocycles. The molecule has 122 valence electrons. The Balaban J connectivity index is 1.69. The lowest BCUT2D eigenvalue weighted by atomic mass is 10.1. The van der Waals surface area contributed by atoms with Crippen LogP contribution >= 0.6 is 0 Å². The molecular formula is C17H14N2O5. The zero-order valence-electron chi connectivity index (χ0n) is 12.8. The molecule has 0 radical (unpaired) electrons. The van der Waals surface area contributed by atoms with Crippen molar-refractivity contribution in [3.8, 4) is 11.5 Å². The van der Waals surface area contributed by atoms with E-state index in [1.165, 1.54) is 12.1 Å². The fourth-order valence-corrected chi connectivity index (χ4v) is 2.26. The van der Waals surface area contributed by atoms with Crippen LogP contribution in [0.3, 0.4) is 0 Å². The van der Waals surface area contributed by atoms with Gasteiger partial charge in [0.05, 0.1) is 4.92 Å². The predicted molar refractivity (Wildman–Crippen MR) is 88.1 cm³/mol. The Morgan fingerprint density at radius 1 is 1.21 bits per heavy atom. The van der Waals surface area contributed by atoms with E-state index in [0.29, 0.717) is 22.7 Å². The molecule has 7 heteroatoms. The molecule has 0 aromatic heterocycles. The van der Waals surface area contributed by atoms with Gasteiger partial charge >= 0.3 is 0 Å². The summed E-state index contributed by atoms with van der Waals surface area (Å²) in [5.74, 6) is 0.918. The highest BCUT2D eigenvalue weighted by atomic mass is 16.7. The summed E-state index contributed by atoms with van der Waals surface area (Å²) in [4.78, 5) is 22.4. The van der Waals surface area contributed by atoms with Crippen LogP contribution < -0.4 is 14.8 Å². The first-order valence-corrected chi connectivity index (χ1v) is 7.17. The van der Waals surface area contributed by atoms with Crippen LogP contribution in [-0.4, -0.2) is 17.6 Å². The largest absolute Gasteiger partial charge is 0.454 e. The van der Waals surface area contributed by atoms with E-state index in [1.807, 2.05) is 0 Å². The molecule has 1 N–H and O–H groups in total. The number of nitrogens with zero attached hydrogens (tertiary/aromatic N) is 1. The Labute approximate surface area is 137 Å². The predicted octanol–water partition coefficient (Wildman–Crippen LogP) is 3.28. The number of fused-ring (bicyclic) bond motifs is 1. The first kappa shape index (κ1) is 15.5.